The highest BCUT2D eigenvalue weighted by Crippen LogP contribution is 2.29. The van der Waals surface area contributed by atoms with Gasteiger partial charge in [0, 0.05) is 12.0 Å². The fourth-order valence-electron chi connectivity index (χ4n) is 3.67. The van der Waals surface area contributed by atoms with Gasteiger partial charge in [-0.15, -0.1) is 10.2 Å². The van der Waals surface area contributed by atoms with Gasteiger partial charge in [-0.3, -0.25) is 0 Å². The molecule has 0 bridgehead atoms. The highest BCUT2D eigenvalue weighted by Gasteiger charge is 2.12. The van der Waals surface area contributed by atoms with Crippen LogP contribution in [0.1, 0.15) is 56.7 Å². The molecule has 4 rings (SSSR count). The van der Waals surface area contributed by atoms with Crippen molar-refractivity contribution in [1.29, 1.82) is 0 Å². The molecule has 0 amide bonds. The van der Waals surface area contributed by atoms with Gasteiger partial charge in [-0.2, -0.15) is 10.3 Å². The van der Waals surface area contributed by atoms with E-state index in [1.54, 1.807) is 0 Å². The Balaban J connectivity index is 1.55. The third kappa shape index (κ3) is 5.17. The number of benzene rings is 2. The van der Waals surface area contributed by atoms with Crippen LogP contribution in [0.15, 0.2) is 54.6 Å². The monoisotopic (exact) mass is 427 g/mol. The summed E-state index contributed by atoms with van der Waals surface area (Å²) in [5, 5.41) is 19.3. The lowest BCUT2D eigenvalue weighted by atomic mass is 9.98. The van der Waals surface area contributed by atoms with Crippen molar-refractivity contribution in [3.8, 4) is 22.5 Å². The minimum atomic E-state index is 0.593. The molecule has 0 atom stereocenters. The van der Waals surface area contributed by atoms with E-state index < -0.39 is 0 Å². The maximum atomic E-state index is 4.79. The Hall–Kier alpha value is -3.61. The minimum absolute atomic E-state index is 0.593. The molecule has 0 aliphatic rings. The molecule has 2 heterocycles. The molecule has 2 aromatic heterocycles. The van der Waals surface area contributed by atoms with Crippen LogP contribution in [0.4, 0.5) is 0 Å². The molecule has 164 valence electrons. The number of aromatic amines is 1. The van der Waals surface area contributed by atoms with Gasteiger partial charge < -0.3 is 0 Å². The standard InChI is InChI=1S/C25H29N7/c1-3-5-7-12-23-26-24(13-6-4-2)32(29-23)18-19-14-16-20(17-15-19)21-10-8-9-11-22(21)25-27-30-31-28-25/h6,8-11,13-17H,3-5,7,12,18H2,1-2H3,(H,27,28,30,31). The van der Waals surface area contributed by atoms with Crippen LogP contribution in [0.2, 0.25) is 0 Å². The summed E-state index contributed by atoms with van der Waals surface area (Å²) in [5.74, 6) is 2.44. The van der Waals surface area contributed by atoms with Crippen LogP contribution in [0.5, 0.6) is 0 Å². The van der Waals surface area contributed by atoms with Crippen LogP contribution in [-0.4, -0.2) is 35.4 Å². The van der Waals surface area contributed by atoms with Gasteiger partial charge in [0.1, 0.15) is 0 Å². The number of H-pyrrole nitrogens is 1. The first-order valence-corrected chi connectivity index (χ1v) is 11.3. The van der Waals surface area contributed by atoms with Crippen molar-refractivity contribution in [2.45, 2.75) is 52.5 Å². The molecule has 7 heteroatoms. The van der Waals surface area contributed by atoms with Crippen LogP contribution < -0.4 is 0 Å². The molecule has 7 nitrogen and oxygen atoms in total. The van der Waals surface area contributed by atoms with E-state index in [9.17, 15) is 0 Å². The number of nitrogens with zero attached hydrogens (tertiary/aromatic N) is 6. The molecule has 0 aliphatic carbocycles. The lowest BCUT2D eigenvalue weighted by molar-refractivity contribution is 0.646. The number of unbranched alkanes of at least 4 members (excludes halogenated alkanes) is 2. The molecular weight excluding hydrogens is 398 g/mol. The van der Waals surface area contributed by atoms with E-state index >= 15 is 0 Å². The molecule has 0 radical (unpaired) electrons. The van der Waals surface area contributed by atoms with Crippen LogP contribution in [-0.2, 0) is 13.0 Å². The Morgan fingerprint density at radius 3 is 2.50 bits per heavy atom. The molecular formula is C25H29N7. The second-order valence-corrected chi connectivity index (χ2v) is 7.79. The zero-order valence-electron chi connectivity index (χ0n) is 18.7. The van der Waals surface area contributed by atoms with Gasteiger partial charge in [0.05, 0.1) is 6.54 Å². The number of tetrazole rings is 1. The SMILES string of the molecule is CCC=Cc1nc(CCCCC)nn1Cc1ccc(-c2ccccc2-c2nn[nH]n2)cc1. The zero-order chi connectivity index (χ0) is 22.2. The fraction of sp³-hybridized carbons (Fsp3) is 0.320. The Morgan fingerprint density at radius 1 is 0.969 bits per heavy atom. The van der Waals surface area contributed by atoms with Crippen LogP contribution >= 0.6 is 0 Å². The van der Waals surface area contributed by atoms with E-state index in [1.807, 2.05) is 22.9 Å². The lowest BCUT2D eigenvalue weighted by Crippen LogP contribution is -2.04. The highest BCUT2D eigenvalue weighted by atomic mass is 15.5. The van der Waals surface area contributed by atoms with Crippen molar-refractivity contribution in [2.24, 2.45) is 0 Å². The van der Waals surface area contributed by atoms with E-state index in [-0.39, 0.29) is 0 Å². The van der Waals surface area contributed by atoms with E-state index in [0.717, 1.165) is 47.6 Å². The molecule has 0 saturated heterocycles. The van der Waals surface area contributed by atoms with Crippen molar-refractivity contribution in [1.82, 2.24) is 35.4 Å². The second kappa shape index (κ2) is 10.6. The van der Waals surface area contributed by atoms with Gasteiger partial charge in [-0.25, -0.2) is 9.67 Å². The van der Waals surface area contributed by atoms with E-state index in [4.69, 9.17) is 10.1 Å². The summed E-state index contributed by atoms with van der Waals surface area (Å²) in [6.45, 7) is 5.03. The molecule has 2 aromatic carbocycles. The summed E-state index contributed by atoms with van der Waals surface area (Å²) in [4.78, 5) is 4.76. The van der Waals surface area contributed by atoms with Crippen LogP contribution in [0.3, 0.4) is 0 Å². The first-order chi connectivity index (χ1) is 15.8. The Kier molecular flexibility index (Phi) is 7.17. The van der Waals surface area contributed by atoms with Crippen LogP contribution in [0, 0.1) is 0 Å². The number of hydrogen-bond acceptors (Lipinski definition) is 5. The third-order valence-corrected chi connectivity index (χ3v) is 5.36. The van der Waals surface area contributed by atoms with E-state index in [0.29, 0.717) is 12.4 Å². The Morgan fingerprint density at radius 2 is 1.78 bits per heavy atom. The van der Waals surface area contributed by atoms with Crippen molar-refractivity contribution in [3.63, 3.8) is 0 Å². The number of rotatable bonds is 10. The highest BCUT2D eigenvalue weighted by molar-refractivity contribution is 5.80. The smallest absolute Gasteiger partial charge is 0.205 e. The first-order valence-electron chi connectivity index (χ1n) is 11.3. The summed E-state index contributed by atoms with van der Waals surface area (Å²) in [6, 6.07) is 16.7. The normalized spacial score (nSPS) is 11.4. The molecule has 0 unspecified atom stereocenters. The Bertz CT molecular complexity index is 1140. The number of hydrogen-bond donors (Lipinski definition) is 1. The minimum Gasteiger partial charge on any atom is -0.242 e. The Labute approximate surface area is 188 Å². The van der Waals surface area contributed by atoms with Gasteiger partial charge in [0.2, 0.25) is 5.82 Å². The van der Waals surface area contributed by atoms with Crippen molar-refractivity contribution in [3.05, 3.63) is 71.8 Å². The molecule has 0 spiro atoms. The topological polar surface area (TPSA) is 85.2 Å². The predicted molar refractivity (Wildman–Crippen MR) is 127 cm³/mol. The maximum absolute atomic E-state index is 4.79. The molecule has 32 heavy (non-hydrogen) atoms. The molecule has 0 saturated carbocycles. The summed E-state index contributed by atoms with van der Waals surface area (Å²) in [5.41, 5.74) is 4.32. The van der Waals surface area contributed by atoms with Gasteiger partial charge in [0.15, 0.2) is 11.6 Å². The number of allylic oxidation sites excluding steroid dienone is 1. The zero-order valence-corrected chi connectivity index (χ0v) is 18.7. The average Bonchev–Trinajstić information content (AvgIpc) is 3.49. The average molecular weight is 428 g/mol. The van der Waals surface area contributed by atoms with Gasteiger partial charge in [-0.05, 0) is 40.8 Å². The van der Waals surface area contributed by atoms with Crippen molar-refractivity contribution < 1.29 is 0 Å². The summed E-state index contributed by atoms with van der Waals surface area (Å²) in [7, 11) is 0. The first kappa shape index (κ1) is 21.6. The maximum Gasteiger partial charge on any atom is 0.205 e. The number of aryl methyl sites for hydroxylation is 1. The van der Waals surface area contributed by atoms with Crippen LogP contribution in [0.25, 0.3) is 28.6 Å². The summed E-state index contributed by atoms with van der Waals surface area (Å²) < 4.78 is 2.01. The third-order valence-electron chi connectivity index (χ3n) is 5.36. The summed E-state index contributed by atoms with van der Waals surface area (Å²) in [6.07, 6.45) is 9.66. The largest absolute Gasteiger partial charge is 0.242 e. The van der Waals surface area contributed by atoms with Gasteiger partial charge >= 0.3 is 0 Å². The molecule has 0 aliphatic heterocycles. The molecule has 0 fully saturated rings. The van der Waals surface area contributed by atoms with E-state index in [1.165, 1.54) is 18.4 Å². The molecule has 4 aromatic rings. The molecule has 1 N–H and O–H groups in total. The quantitative estimate of drug-likeness (QED) is 0.346. The second-order valence-electron chi connectivity index (χ2n) is 7.79. The summed E-state index contributed by atoms with van der Waals surface area (Å²) >= 11 is 0. The predicted octanol–water partition coefficient (Wildman–Crippen LogP) is 5.33. The fourth-order valence-corrected chi connectivity index (χ4v) is 3.67. The van der Waals surface area contributed by atoms with E-state index in [2.05, 4.69) is 77.0 Å². The van der Waals surface area contributed by atoms with Crippen molar-refractivity contribution in [2.75, 3.05) is 0 Å². The van der Waals surface area contributed by atoms with Gasteiger partial charge in [0.25, 0.3) is 0 Å². The lowest BCUT2D eigenvalue weighted by Gasteiger charge is -2.09. The number of nitrogens with one attached hydrogen (secondary N) is 1. The van der Waals surface area contributed by atoms with Gasteiger partial charge in [-0.1, -0.05) is 81.3 Å². The van der Waals surface area contributed by atoms with Crippen molar-refractivity contribution >= 4 is 6.08 Å². The number of aromatic nitrogens is 7.